The molecule has 2 fully saturated rings. The Balaban J connectivity index is 1.32. The molecule has 8 nitrogen and oxygen atoms in total. The van der Waals surface area contributed by atoms with E-state index in [2.05, 4.69) is 4.98 Å². The second kappa shape index (κ2) is 8.69. The zero-order valence-electron chi connectivity index (χ0n) is 17.2. The number of piperazine rings is 1. The van der Waals surface area contributed by atoms with Gasteiger partial charge in [-0.05, 0) is 31.9 Å². The fourth-order valence-electron chi connectivity index (χ4n) is 3.90. The van der Waals surface area contributed by atoms with Crippen molar-refractivity contribution in [1.29, 1.82) is 0 Å². The Bertz CT molecular complexity index is 926. The monoisotopic (exact) mass is 410 g/mol. The van der Waals surface area contributed by atoms with Crippen LogP contribution in [0, 0.1) is 6.92 Å². The molecule has 0 spiro atoms. The van der Waals surface area contributed by atoms with Crippen LogP contribution in [-0.4, -0.2) is 76.7 Å². The number of oxazole rings is 1. The number of nitrogens with zero attached hydrogens (tertiary/aromatic N) is 4. The Hall–Kier alpha value is -3.16. The Kier molecular flexibility index (Phi) is 5.83. The first-order valence-electron chi connectivity index (χ1n) is 10.4. The summed E-state index contributed by atoms with van der Waals surface area (Å²) in [5.74, 6) is 0.214. The molecule has 2 saturated heterocycles. The molecule has 158 valence electrons. The van der Waals surface area contributed by atoms with Crippen LogP contribution in [0.4, 0.5) is 0 Å². The highest BCUT2D eigenvalue weighted by molar-refractivity contribution is 6.35. The highest BCUT2D eigenvalue weighted by atomic mass is 16.4. The minimum Gasteiger partial charge on any atom is -0.441 e. The molecule has 2 aromatic rings. The van der Waals surface area contributed by atoms with Gasteiger partial charge in [-0.15, -0.1) is 0 Å². The molecule has 2 aliphatic heterocycles. The number of likely N-dealkylation sites (tertiary alicyclic amines) is 1. The number of aryl methyl sites for hydroxylation is 1. The zero-order chi connectivity index (χ0) is 21.1. The van der Waals surface area contributed by atoms with E-state index in [1.165, 1.54) is 0 Å². The van der Waals surface area contributed by atoms with Crippen molar-refractivity contribution in [3.63, 3.8) is 0 Å². The van der Waals surface area contributed by atoms with E-state index in [0.717, 1.165) is 18.4 Å². The first-order valence-corrected chi connectivity index (χ1v) is 10.4. The summed E-state index contributed by atoms with van der Waals surface area (Å²) in [5, 5.41) is 0. The average Bonchev–Trinajstić information content (AvgIpc) is 3.44. The summed E-state index contributed by atoms with van der Waals surface area (Å²) < 4.78 is 5.74. The number of carbonyl (C=O) groups is 3. The number of hydrogen-bond donors (Lipinski definition) is 0. The predicted molar refractivity (Wildman–Crippen MR) is 109 cm³/mol. The number of aromatic nitrogens is 1. The summed E-state index contributed by atoms with van der Waals surface area (Å²) in [5.41, 5.74) is 1.50. The summed E-state index contributed by atoms with van der Waals surface area (Å²) in [6.45, 7) is 4.70. The third-order valence-electron chi connectivity index (χ3n) is 5.73. The summed E-state index contributed by atoms with van der Waals surface area (Å²) in [4.78, 5) is 46.9. The van der Waals surface area contributed by atoms with Crippen molar-refractivity contribution in [3.8, 4) is 11.5 Å². The summed E-state index contributed by atoms with van der Waals surface area (Å²) in [6, 6.07) is 9.57. The fraction of sp³-hybridized carbons (Fsp3) is 0.455. The predicted octanol–water partition coefficient (Wildman–Crippen LogP) is 1.49. The van der Waals surface area contributed by atoms with E-state index in [9.17, 15) is 14.4 Å². The topological polar surface area (TPSA) is 87.0 Å². The Labute approximate surface area is 175 Å². The quantitative estimate of drug-likeness (QED) is 0.716. The molecule has 3 heterocycles. The van der Waals surface area contributed by atoms with E-state index < -0.39 is 11.8 Å². The highest BCUT2D eigenvalue weighted by Gasteiger charge is 2.32. The first-order chi connectivity index (χ1) is 14.5. The molecule has 2 aliphatic rings. The lowest BCUT2D eigenvalue weighted by Gasteiger charge is -2.35. The number of hydrogen-bond acceptors (Lipinski definition) is 5. The van der Waals surface area contributed by atoms with Crippen molar-refractivity contribution in [3.05, 3.63) is 41.8 Å². The fourth-order valence-corrected chi connectivity index (χ4v) is 3.90. The minimum atomic E-state index is -0.455. The summed E-state index contributed by atoms with van der Waals surface area (Å²) in [7, 11) is 0. The van der Waals surface area contributed by atoms with Crippen LogP contribution in [-0.2, 0) is 20.8 Å². The van der Waals surface area contributed by atoms with Gasteiger partial charge in [-0.1, -0.05) is 18.2 Å². The van der Waals surface area contributed by atoms with Crippen molar-refractivity contribution < 1.29 is 18.8 Å². The molecular weight excluding hydrogens is 384 g/mol. The van der Waals surface area contributed by atoms with Crippen LogP contribution < -0.4 is 0 Å². The van der Waals surface area contributed by atoms with Crippen molar-refractivity contribution >= 4 is 17.7 Å². The molecule has 0 radical (unpaired) electrons. The molecule has 4 rings (SSSR count). The molecule has 8 heteroatoms. The Morgan fingerprint density at radius 1 is 0.867 bits per heavy atom. The van der Waals surface area contributed by atoms with Gasteiger partial charge < -0.3 is 19.1 Å². The largest absolute Gasteiger partial charge is 0.441 e. The van der Waals surface area contributed by atoms with Crippen LogP contribution in [0.3, 0.4) is 0 Å². The van der Waals surface area contributed by atoms with Crippen LogP contribution >= 0.6 is 0 Å². The molecular formula is C22H26N4O4. The van der Waals surface area contributed by atoms with E-state index in [4.69, 9.17) is 4.42 Å². The van der Waals surface area contributed by atoms with Crippen LogP contribution in [0.1, 0.15) is 24.3 Å². The third kappa shape index (κ3) is 4.22. The van der Waals surface area contributed by atoms with Crippen molar-refractivity contribution in [2.45, 2.75) is 26.2 Å². The van der Waals surface area contributed by atoms with Crippen LogP contribution in [0.15, 0.2) is 34.7 Å². The number of carbonyl (C=O) groups excluding carboxylic acids is 3. The van der Waals surface area contributed by atoms with Crippen LogP contribution in [0.2, 0.25) is 0 Å². The number of benzene rings is 1. The van der Waals surface area contributed by atoms with Gasteiger partial charge in [-0.25, -0.2) is 4.98 Å². The van der Waals surface area contributed by atoms with Crippen LogP contribution in [0.5, 0.6) is 0 Å². The lowest BCUT2D eigenvalue weighted by atomic mass is 10.2. The maximum atomic E-state index is 12.8. The Morgan fingerprint density at radius 2 is 1.43 bits per heavy atom. The van der Waals surface area contributed by atoms with Crippen molar-refractivity contribution in [1.82, 2.24) is 19.7 Å². The van der Waals surface area contributed by atoms with E-state index in [1.54, 1.807) is 14.7 Å². The van der Waals surface area contributed by atoms with Gasteiger partial charge >= 0.3 is 11.8 Å². The average molecular weight is 410 g/mol. The molecule has 0 aliphatic carbocycles. The van der Waals surface area contributed by atoms with Crippen molar-refractivity contribution in [2.75, 3.05) is 39.3 Å². The van der Waals surface area contributed by atoms with Gasteiger partial charge in [-0.2, -0.15) is 0 Å². The van der Waals surface area contributed by atoms with Gasteiger partial charge in [0.25, 0.3) is 0 Å². The maximum absolute atomic E-state index is 12.8. The molecule has 1 aromatic heterocycles. The second-order valence-electron chi connectivity index (χ2n) is 7.74. The van der Waals surface area contributed by atoms with Gasteiger partial charge in [-0.3, -0.25) is 14.4 Å². The molecule has 30 heavy (non-hydrogen) atoms. The summed E-state index contributed by atoms with van der Waals surface area (Å²) in [6.07, 6.45) is 2.06. The smallest absolute Gasteiger partial charge is 0.312 e. The Morgan fingerprint density at radius 3 is 2.07 bits per heavy atom. The molecule has 0 saturated carbocycles. The SMILES string of the molecule is Cc1oc(-c2ccccc2)nc1CC(=O)N1CCN(C(=O)C(=O)N2CCCC2)CC1. The van der Waals surface area contributed by atoms with Crippen molar-refractivity contribution in [2.24, 2.45) is 0 Å². The van der Waals surface area contributed by atoms with E-state index in [0.29, 0.717) is 56.6 Å². The third-order valence-corrected chi connectivity index (χ3v) is 5.73. The molecule has 0 bridgehead atoms. The minimum absolute atomic E-state index is 0.0519. The van der Waals surface area contributed by atoms with Gasteiger partial charge in [0.05, 0.1) is 12.1 Å². The highest BCUT2D eigenvalue weighted by Crippen LogP contribution is 2.22. The van der Waals surface area contributed by atoms with Gasteiger partial charge in [0.15, 0.2) is 0 Å². The second-order valence-corrected chi connectivity index (χ2v) is 7.74. The first kappa shape index (κ1) is 20.1. The molecule has 0 atom stereocenters. The normalized spacial score (nSPS) is 16.8. The lowest BCUT2D eigenvalue weighted by Crippen LogP contribution is -2.54. The van der Waals surface area contributed by atoms with Gasteiger partial charge in [0.2, 0.25) is 11.8 Å². The van der Waals surface area contributed by atoms with Gasteiger partial charge in [0, 0.05) is 44.8 Å². The van der Waals surface area contributed by atoms with Crippen LogP contribution in [0.25, 0.3) is 11.5 Å². The molecule has 3 amide bonds. The zero-order valence-corrected chi connectivity index (χ0v) is 17.2. The van der Waals surface area contributed by atoms with Gasteiger partial charge in [0.1, 0.15) is 5.76 Å². The number of amides is 3. The number of rotatable bonds is 3. The molecule has 1 aromatic carbocycles. The molecule has 0 N–H and O–H groups in total. The molecule has 0 unspecified atom stereocenters. The van der Waals surface area contributed by atoms with E-state index >= 15 is 0 Å². The lowest BCUT2D eigenvalue weighted by molar-refractivity contribution is -0.153. The van der Waals surface area contributed by atoms with E-state index in [-0.39, 0.29) is 12.3 Å². The van der Waals surface area contributed by atoms with E-state index in [1.807, 2.05) is 37.3 Å². The maximum Gasteiger partial charge on any atom is 0.312 e. The summed E-state index contributed by atoms with van der Waals surface area (Å²) >= 11 is 0. The standard InChI is InChI=1S/C22H26N4O4/c1-16-18(23-20(30-16)17-7-3-2-4-8-17)15-19(27)24-11-13-26(14-12-24)22(29)21(28)25-9-5-6-10-25/h2-4,7-8H,5-6,9-15H2,1H3.